The molecule has 0 heterocycles. The average molecular weight is 310 g/mol. The second kappa shape index (κ2) is 4.53. The predicted molar refractivity (Wildman–Crippen MR) is 64.6 cm³/mol. The van der Waals surface area contributed by atoms with E-state index in [9.17, 15) is 18.7 Å². The van der Waals surface area contributed by atoms with Gasteiger partial charge in [-0.2, -0.15) is 13.1 Å². The van der Waals surface area contributed by atoms with Crippen LogP contribution in [0.15, 0.2) is 0 Å². The van der Waals surface area contributed by atoms with Crippen LogP contribution in [0.3, 0.4) is 0 Å². The van der Waals surface area contributed by atoms with Crippen molar-refractivity contribution >= 4 is 18.9 Å². The molecule has 4 aliphatic carbocycles. The maximum atomic E-state index is 13.3. The Labute approximate surface area is 120 Å². The third-order valence-electron chi connectivity index (χ3n) is 4.67. The van der Waals surface area contributed by atoms with E-state index in [2.05, 4.69) is 22.1 Å². The van der Waals surface area contributed by atoms with E-state index in [0.717, 1.165) is 6.42 Å². The highest BCUT2D eigenvalue weighted by molar-refractivity contribution is 7.74. The molecule has 0 aromatic rings. The second-order valence-electron chi connectivity index (χ2n) is 6.43. The Balaban J connectivity index is 1.75. The van der Waals surface area contributed by atoms with Crippen molar-refractivity contribution in [2.24, 2.45) is 11.8 Å². The smallest absolute Gasteiger partial charge is 0.452 e. The summed E-state index contributed by atoms with van der Waals surface area (Å²) in [6, 6.07) is 0. The SMILES string of the molecule is O=C(OC12CC3CC(CC(O)(C3)C1)C2)C(F)(F)OOS. The standard InChI is InChI=1S/C12H16F2O5S/c13-12(14,18-19-20)9(15)17-11-4-7-1-8(5-11)3-10(16,2-7)6-11/h7-8,16,20H,1-6H2. The van der Waals surface area contributed by atoms with E-state index < -0.39 is 23.3 Å². The maximum absolute atomic E-state index is 13.3. The van der Waals surface area contributed by atoms with Crippen LogP contribution in [-0.4, -0.2) is 28.4 Å². The average Bonchev–Trinajstić information content (AvgIpc) is 2.24. The molecular formula is C12H16F2O5S. The largest absolute Gasteiger partial charge is 0.483 e. The summed E-state index contributed by atoms with van der Waals surface area (Å²) in [5, 5.41) is 10.4. The molecule has 4 aliphatic rings. The van der Waals surface area contributed by atoms with Gasteiger partial charge in [0.1, 0.15) is 5.60 Å². The Hall–Kier alpha value is -0.440. The molecule has 0 aliphatic heterocycles. The number of thiol groups is 1. The molecule has 0 aromatic carbocycles. The topological polar surface area (TPSA) is 65.0 Å². The summed E-state index contributed by atoms with van der Waals surface area (Å²) in [7, 11) is 0. The highest BCUT2D eigenvalue weighted by Gasteiger charge is 2.61. The van der Waals surface area contributed by atoms with Gasteiger partial charge < -0.3 is 9.84 Å². The predicted octanol–water partition coefficient (Wildman–Crippen LogP) is 2.00. The van der Waals surface area contributed by atoms with Crippen molar-refractivity contribution < 1.29 is 32.6 Å². The molecule has 0 aromatic heterocycles. The Morgan fingerprint density at radius 3 is 2.35 bits per heavy atom. The summed E-state index contributed by atoms with van der Waals surface area (Å²) in [6.07, 6.45) is -0.645. The highest BCUT2D eigenvalue weighted by atomic mass is 32.1. The van der Waals surface area contributed by atoms with Gasteiger partial charge in [-0.15, -0.1) is 4.89 Å². The van der Waals surface area contributed by atoms with Crippen LogP contribution in [0.5, 0.6) is 0 Å². The van der Waals surface area contributed by atoms with E-state index in [4.69, 9.17) is 4.74 Å². The zero-order valence-electron chi connectivity index (χ0n) is 10.7. The first-order valence-electron chi connectivity index (χ1n) is 6.59. The van der Waals surface area contributed by atoms with Crippen LogP contribution in [-0.2, 0) is 18.8 Å². The quantitative estimate of drug-likeness (QED) is 0.273. The van der Waals surface area contributed by atoms with Crippen LogP contribution in [0.4, 0.5) is 8.78 Å². The molecule has 4 saturated carbocycles. The lowest BCUT2D eigenvalue weighted by molar-refractivity contribution is -0.374. The van der Waals surface area contributed by atoms with E-state index in [1.807, 2.05) is 0 Å². The van der Waals surface area contributed by atoms with Gasteiger partial charge in [0.15, 0.2) is 0 Å². The Kier molecular flexibility index (Phi) is 3.28. The molecule has 8 heteroatoms. The van der Waals surface area contributed by atoms with Crippen molar-refractivity contribution in [3.63, 3.8) is 0 Å². The number of aliphatic hydroxyl groups is 1. The fourth-order valence-electron chi connectivity index (χ4n) is 4.59. The Morgan fingerprint density at radius 1 is 1.25 bits per heavy atom. The van der Waals surface area contributed by atoms with E-state index in [-0.39, 0.29) is 18.3 Å². The van der Waals surface area contributed by atoms with Crippen molar-refractivity contribution in [1.82, 2.24) is 0 Å². The number of hydrogen-bond donors (Lipinski definition) is 2. The van der Waals surface area contributed by atoms with Gasteiger partial charge in [-0.05, 0) is 43.9 Å². The fraction of sp³-hybridized carbons (Fsp3) is 0.917. The number of alkyl halides is 2. The van der Waals surface area contributed by atoms with Gasteiger partial charge in [-0.25, -0.2) is 4.79 Å². The zero-order chi connectivity index (χ0) is 14.6. The minimum absolute atomic E-state index is 0.219. The number of carbonyl (C=O) groups excluding carboxylic acids is 1. The van der Waals surface area contributed by atoms with Gasteiger partial charge in [0.05, 0.1) is 5.60 Å². The minimum atomic E-state index is -4.20. The molecule has 4 bridgehead atoms. The van der Waals surface area contributed by atoms with Gasteiger partial charge in [0.25, 0.3) is 0 Å². The van der Waals surface area contributed by atoms with E-state index >= 15 is 0 Å². The van der Waals surface area contributed by atoms with Crippen molar-refractivity contribution in [2.45, 2.75) is 55.8 Å². The van der Waals surface area contributed by atoms with Crippen LogP contribution in [0.25, 0.3) is 0 Å². The molecule has 4 rings (SSSR count). The Morgan fingerprint density at radius 2 is 1.85 bits per heavy atom. The number of halogens is 2. The summed E-state index contributed by atoms with van der Waals surface area (Å²) in [5.41, 5.74) is -1.89. The van der Waals surface area contributed by atoms with Crippen LogP contribution in [0.2, 0.25) is 0 Å². The highest BCUT2D eigenvalue weighted by Crippen LogP contribution is 2.59. The Bertz CT molecular complexity index is 416. The summed E-state index contributed by atoms with van der Waals surface area (Å²) in [6.45, 7) is 0. The van der Waals surface area contributed by atoms with Gasteiger partial charge in [0, 0.05) is 19.3 Å². The van der Waals surface area contributed by atoms with Crippen LogP contribution < -0.4 is 0 Å². The molecular weight excluding hydrogens is 294 g/mol. The van der Waals surface area contributed by atoms with Crippen molar-refractivity contribution in [1.29, 1.82) is 0 Å². The number of ether oxygens (including phenoxy) is 1. The van der Waals surface area contributed by atoms with Gasteiger partial charge in [-0.3, -0.25) is 0 Å². The molecule has 4 fully saturated rings. The summed E-state index contributed by atoms with van der Waals surface area (Å²) >= 11 is 3.03. The van der Waals surface area contributed by atoms with Gasteiger partial charge in [0.2, 0.25) is 0 Å². The van der Waals surface area contributed by atoms with E-state index in [0.29, 0.717) is 25.7 Å². The number of hydrogen-bond acceptors (Lipinski definition) is 6. The van der Waals surface area contributed by atoms with E-state index in [1.165, 1.54) is 0 Å². The lowest BCUT2D eigenvalue weighted by atomic mass is 9.52. The number of rotatable bonds is 4. The summed E-state index contributed by atoms with van der Waals surface area (Å²) in [4.78, 5) is 15.1. The van der Waals surface area contributed by atoms with Crippen molar-refractivity contribution in [2.75, 3.05) is 0 Å². The third-order valence-corrected chi connectivity index (χ3v) is 4.74. The van der Waals surface area contributed by atoms with Crippen molar-refractivity contribution in [3.8, 4) is 0 Å². The molecule has 0 amide bonds. The summed E-state index contributed by atoms with van der Waals surface area (Å²) < 4.78 is 35.1. The van der Waals surface area contributed by atoms with Gasteiger partial charge >= 0.3 is 12.1 Å². The molecule has 0 radical (unpaired) electrons. The van der Waals surface area contributed by atoms with Crippen LogP contribution >= 0.6 is 12.9 Å². The van der Waals surface area contributed by atoms with Crippen molar-refractivity contribution in [3.05, 3.63) is 0 Å². The maximum Gasteiger partial charge on any atom is 0.483 e. The van der Waals surface area contributed by atoms with Crippen LogP contribution in [0.1, 0.15) is 38.5 Å². The number of esters is 1. The molecule has 5 nitrogen and oxygen atoms in total. The van der Waals surface area contributed by atoms with Gasteiger partial charge in [-0.1, -0.05) is 0 Å². The summed E-state index contributed by atoms with van der Waals surface area (Å²) in [5.74, 6) is -1.34. The first kappa shape index (κ1) is 14.5. The normalized spacial score (nSPS) is 42.8. The lowest BCUT2D eigenvalue weighted by Gasteiger charge is -2.59. The fourth-order valence-corrected chi connectivity index (χ4v) is 4.68. The first-order chi connectivity index (χ1) is 9.26. The molecule has 1 N–H and O–H groups in total. The third kappa shape index (κ3) is 2.43. The molecule has 0 saturated heterocycles. The lowest BCUT2D eigenvalue weighted by Crippen LogP contribution is -2.61. The number of carbonyl (C=O) groups is 1. The minimum Gasteiger partial charge on any atom is -0.452 e. The molecule has 2 unspecified atom stereocenters. The van der Waals surface area contributed by atoms with E-state index in [1.54, 1.807) is 0 Å². The van der Waals surface area contributed by atoms with Crippen LogP contribution in [0, 0.1) is 11.8 Å². The molecule has 114 valence electrons. The monoisotopic (exact) mass is 310 g/mol. The molecule has 0 spiro atoms. The molecule has 20 heavy (non-hydrogen) atoms. The second-order valence-corrected chi connectivity index (χ2v) is 6.58. The first-order valence-corrected chi connectivity index (χ1v) is 6.95. The zero-order valence-corrected chi connectivity index (χ0v) is 11.6. The molecule has 2 atom stereocenters.